The van der Waals surface area contributed by atoms with E-state index < -0.39 is 5.82 Å². The molecule has 0 radical (unpaired) electrons. The van der Waals surface area contributed by atoms with Gasteiger partial charge in [-0.05, 0) is 37.1 Å². The fraction of sp³-hybridized carbons (Fsp3) is 0.211. The van der Waals surface area contributed by atoms with Gasteiger partial charge in [-0.15, -0.1) is 0 Å². The Morgan fingerprint density at radius 3 is 2.80 bits per heavy atom. The predicted molar refractivity (Wildman–Crippen MR) is 94.9 cm³/mol. The molecular weight excluding hydrogens is 319 g/mol. The molecule has 1 aliphatic heterocycles. The molecule has 2 heterocycles. The van der Waals surface area contributed by atoms with Gasteiger partial charge in [-0.1, -0.05) is 24.3 Å². The molecule has 4 rings (SSSR count). The monoisotopic (exact) mass is 336 g/mol. The predicted octanol–water partition coefficient (Wildman–Crippen LogP) is 3.38. The highest BCUT2D eigenvalue weighted by molar-refractivity contribution is 5.99. The van der Waals surface area contributed by atoms with Crippen molar-refractivity contribution in [2.24, 2.45) is 0 Å². The summed E-state index contributed by atoms with van der Waals surface area (Å²) in [4.78, 5) is 23.4. The Hall–Kier alpha value is -3.02. The quantitative estimate of drug-likeness (QED) is 0.797. The van der Waals surface area contributed by atoms with Gasteiger partial charge in [0.15, 0.2) is 0 Å². The summed E-state index contributed by atoms with van der Waals surface area (Å²) in [5, 5.41) is 3.61. The van der Waals surface area contributed by atoms with Gasteiger partial charge in [0.2, 0.25) is 5.91 Å². The third-order valence-electron chi connectivity index (χ3n) is 4.48. The first-order valence-electron chi connectivity index (χ1n) is 8.26. The summed E-state index contributed by atoms with van der Waals surface area (Å²) in [5.74, 6) is 0.0926. The number of benzene rings is 2. The molecule has 25 heavy (non-hydrogen) atoms. The van der Waals surface area contributed by atoms with Crippen LogP contribution in [0, 0.1) is 5.82 Å². The second-order valence-electron chi connectivity index (χ2n) is 6.03. The maximum Gasteiger partial charge on any atom is 0.247 e. The van der Waals surface area contributed by atoms with E-state index in [2.05, 4.69) is 15.3 Å². The standard InChI is InChI=1S/C19H17FN4O/c20-14-7-2-4-9-16(14)23-19(25)17-10-5-11-24(17)18-13-6-1-3-8-15(13)21-12-22-18/h1-4,6-9,12,17H,5,10-11H2,(H,23,25). The average Bonchev–Trinajstić information content (AvgIpc) is 3.13. The highest BCUT2D eigenvalue weighted by Crippen LogP contribution is 2.30. The molecule has 126 valence electrons. The number of hydrogen-bond donors (Lipinski definition) is 1. The van der Waals surface area contributed by atoms with Gasteiger partial charge in [0, 0.05) is 11.9 Å². The normalized spacial score (nSPS) is 17.0. The zero-order valence-corrected chi connectivity index (χ0v) is 13.5. The van der Waals surface area contributed by atoms with Crippen LogP contribution in [0.2, 0.25) is 0 Å². The molecule has 0 spiro atoms. The SMILES string of the molecule is O=C(Nc1ccccc1F)C1CCCN1c1ncnc2ccccc12. The van der Waals surface area contributed by atoms with Crippen LogP contribution in [0.4, 0.5) is 15.9 Å². The second-order valence-corrected chi connectivity index (χ2v) is 6.03. The van der Waals surface area contributed by atoms with Crippen LogP contribution in [0.1, 0.15) is 12.8 Å². The van der Waals surface area contributed by atoms with Gasteiger partial charge in [0.1, 0.15) is 24.0 Å². The number of amides is 1. The summed E-state index contributed by atoms with van der Waals surface area (Å²) < 4.78 is 13.8. The molecule has 0 saturated carbocycles. The molecule has 1 saturated heterocycles. The van der Waals surface area contributed by atoms with Crippen molar-refractivity contribution in [3.63, 3.8) is 0 Å². The Labute approximate surface area is 144 Å². The zero-order valence-electron chi connectivity index (χ0n) is 13.5. The Morgan fingerprint density at radius 1 is 1.12 bits per heavy atom. The lowest BCUT2D eigenvalue weighted by Gasteiger charge is -2.25. The molecule has 1 unspecified atom stereocenters. The van der Waals surface area contributed by atoms with Crippen LogP contribution in [-0.2, 0) is 4.79 Å². The van der Waals surface area contributed by atoms with Crippen molar-refractivity contribution in [2.75, 3.05) is 16.8 Å². The molecule has 1 amide bonds. The van der Waals surface area contributed by atoms with Crippen molar-refractivity contribution < 1.29 is 9.18 Å². The Bertz CT molecular complexity index is 925. The van der Waals surface area contributed by atoms with E-state index in [-0.39, 0.29) is 17.6 Å². The van der Waals surface area contributed by atoms with Gasteiger partial charge < -0.3 is 10.2 Å². The topological polar surface area (TPSA) is 58.1 Å². The Morgan fingerprint density at radius 2 is 1.92 bits per heavy atom. The lowest BCUT2D eigenvalue weighted by molar-refractivity contribution is -0.117. The first-order chi connectivity index (χ1) is 12.2. The Balaban J connectivity index is 1.64. The van der Waals surface area contributed by atoms with E-state index in [9.17, 15) is 9.18 Å². The van der Waals surface area contributed by atoms with Crippen molar-refractivity contribution in [3.05, 3.63) is 60.7 Å². The fourth-order valence-electron chi connectivity index (χ4n) is 3.29. The number of anilines is 2. The minimum atomic E-state index is -0.437. The third kappa shape index (κ3) is 2.91. The van der Waals surface area contributed by atoms with Crippen molar-refractivity contribution >= 4 is 28.3 Å². The molecule has 0 bridgehead atoms. The number of nitrogens with one attached hydrogen (secondary N) is 1. The number of hydrogen-bond acceptors (Lipinski definition) is 4. The van der Waals surface area contributed by atoms with E-state index in [0.29, 0.717) is 6.42 Å². The number of nitrogens with zero attached hydrogens (tertiary/aromatic N) is 3. The lowest BCUT2D eigenvalue weighted by atomic mass is 10.1. The van der Waals surface area contributed by atoms with Crippen LogP contribution in [-0.4, -0.2) is 28.5 Å². The van der Waals surface area contributed by atoms with E-state index in [0.717, 1.165) is 29.7 Å². The molecule has 1 N–H and O–H groups in total. The summed E-state index contributed by atoms with van der Waals surface area (Å²) in [6.45, 7) is 0.733. The lowest BCUT2D eigenvalue weighted by Crippen LogP contribution is -2.40. The van der Waals surface area contributed by atoms with E-state index in [1.54, 1.807) is 18.2 Å². The van der Waals surface area contributed by atoms with Gasteiger partial charge in [-0.25, -0.2) is 14.4 Å². The number of rotatable bonds is 3. The Kier molecular flexibility index (Phi) is 4.01. The van der Waals surface area contributed by atoms with E-state index in [1.807, 2.05) is 29.2 Å². The molecular formula is C19H17FN4O. The first-order valence-corrected chi connectivity index (χ1v) is 8.26. The van der Waals surface area contributed by atoms with E-state index >= 15 is 0 Å². The molecule has 3 aromatic rings. The number of aromatic nitrogens is 2. The smallest absolute Gasteiger partial charge is 0.247 e. The van der Waals surface area contributed by atoms with Gasteiger partial charge >= 0.3 is 0 Å². The molecule has 1 atom stereocenters. The van der Waals surface area contributed by atoms with Crippen LogP contribution < -0.4 is 10.2 Å². The van der Waals surface area contributed by atoms with Crippen molar-refractivity contribution in [3.8, 4) is 0 Å². The van der Waals surface area contributed by atoms with Gasteiger partial charge in [-0.3, -0.25) is 4.79 Å². The average molecular weight is 336 g/mol. The number of fused-ring (bicyclic) bond motifs is 1. The number of halogens is 1. The maximum atomic E-state index is 13.8. The fourth-order valence-corrected chi connectivity index (χ4v) is 3.29. The van der Waals surface area contributed by atoms with Crippen LogP contribution in [0.5, 0.6) is 0 Å². The van der Waals surface area contributed by atoms with Crippen LogP contribution in [0.25, 0.3) is 10.9 Å². The van der Waals surface area contributed by atoms with Crippen molar-refractivity contribution in [1.82, 2.24) is 9.97 Å². The highest BCUT2D eigenvalue weighted by Gasteiger charge is 2.32. The molecule has 1 fully saturated rings. The molecule has 0 aliphatic carbocycles. The van der Waals surface area contributed by atoms with Crippen LogP contribution >= 0.6 is 0 Å². The number of carbonyl (C=O) groups is 1. The molecule has 1 aliphatic rings. The van der Waals surface area contributed by atoms with Gasteiger partial charge in [0.05, 0.1) is 11.2 Å². The molecule has 5 nitrogen and oxygen atoms in total. The first kappa shape index (κ1) is 15.5. The molecule has 2 aromatic carbocycles. The zero-order chi connectivity index (χ0) is 17.2. The minimum absolute atomic E-state index is 0.201. The number of carbonyl (C=O) groups excluding carboxylic acids is 1. The maximum absolute atomic E-state index is 13.8. The minimum Gasteiger partial charge on any atom is -0.344 e. The van der Waals surface area contributed by atoms with Crippen LogP contribution in [0.3, 0.4) is 0 Å². The summed E-state index contributed by atoms with van der Waals surface area (Å²) in [7, 11) is 0. The van der Waals surface area contributed by atoms with Crippen molar-refractivity contribution in [1.29, 1.82) is 0 Å². The molecule has 1 aromatic heterocycles. The van der Waals surface area contributed by atoms with Crippen LogP contribution in [0.15, 0.2) is 54.9 Å². The van der Waals surface area contributed by atoms with Gasteiger partial charge in [-0.2, -0.15) is 0 Å². The van der Waals surface area contributed by atoms with E-state index in [4.69, 9.17) is 0 Å². The van der Waals surface area contributed by atoms with E-state index in [1.165, 1.54) is 12.4 Å². The highest BCUT2D eigenvalue weighted by atomic mass is 19.1. The second kappa shape index (κ2) is 6.47. The number of para-hydroxylation sites is 2. The summed E-state index contributed by atoms with van der Waals surface area (Å²) >= 11 is 0. The summed E-state index contributed by atoms with van der Waals surface area (Å²) in [5.41, 5.74) is 1.04. The summed E-state index contributed by atoms with van der Waals surface area (Å²) in [6, 6.07) is 13.5. The van der Waals surface area contributed by atoms with Gasteiger partial charge in [0.25, 0.3) is 0 Å². The largest absolute Gasteiger partial charge is 0.344 e. The summed E-state index contributed by atoms with van der Waals surface area (Å²) in [6.07, 6.45) is 3.11. The molecule has 6 heteroatoms. The van der Waals surface area contributed by atoms with Crippen molar-refractivity contribution in [2.45, 2.75) is 18.9 Å². The third-order valence-corrected chi connectivity index (χ3v) is 4.48.